The standard InChI is InChI=1S/C12H14N2/c13-10-6-3-5-9-8-4-1-2-7-11(8)14-12(9)10/h1-2,4,7,10,14H,3,5-6,13H2/t10-/m0/s1. The van der Waals surface area contributed by atoms with E-state index in [0.29, 0.717) is 0 Å². The number of hydrogen-bond donors (Lipinski definition) is 2. The molecule has 2 nitrogen and oxygen atoms in total. The Kier molecular flexibility index (Phi) is 1.64. The van der Waals surface area contributed by atoms with E-state index in [1.165, 1.54) is 35.0 Å². The number of aryl methyl sites for hydroxylation is 1. The maximum atomic E-state index is 6.08. The van der Waals surface area contributed by atoms with Gasteiger partial charge in [-0.25, -0.2) is 0 Å². The molecule has 0 spiro atoms. The fourth-order valence-corrected chi connectivity index (χ4v) is 2.45. The molecule has 14 heavy (non-hydrogen) atoms. The van der Waals surface area contributed by atoms with E-state index in [2.05, 4.69) is 29.2 Å². The lowest BCUT2D eigenvalue weighted by atomic mass is 9.92. The van der Waals surface area contributed by atoms with Crippen LogP contribution >= 0.6 is 0 Å². The van der Waals surface area contributed by atoms with Gasteiger partial charge in [0.15, 0.2) is 0 Å². The third-order valence-corrected chi connectivity index (χ3v) is 3.16. The Balaban J connectivity index is 2.32. The molecule has 1 atom stereocenters. The minimum absolute atomic E-state index is 0.214. The molecule has 1 aromatic carbocycles. The van der Waals surface area contributed by atoms with Gasteiger partial charge < -0.3 is 10.7 Å². The summed E-state index contributed by atoms with van der Waals surface area (Å²) in [5.41, 5.74) is 10.0. The van der Waals surface area contributed by atoms with E-state index in [-0.39, 0.29) is 6.04 Å². The third kappa shape index (κ3) is 1.01. The predicted molar refractivity (Wildman–Crippen MR) is 58.2 cm³/mol. The Bertz CT molecular complexity index is 470. The van der Waals surface area contributed by atoms with Crippen molar-refractivity contribution in [2.75, 3.05) is 0 Å². The van der Waals surface area contributed by atoms with Crippen molar-refractivity contribution in [3.8, 4) is 0 Å². The summed E-state index contributed by atoms with van der Waals surface area (Å²) in [6.07, 6.45) is 3.50. The van der Waals surface area contributed by atoms with Gasteiger partial charge in [0.2, 0.25) is 0 Å². The van der Waals surface area contributed by atoms with E-state index in [4.69, 9.17) is 5.73 Å². The van der Waals surface area contributed by atoms with Crippen molar-refractivity contribution in [3.63, 3.8) is 0 Å². The summed E-state index contributed by atoms with van der Waals surface area (Å²) in [4.78, 5) is 3.44. The molecular weight excluding hydrogens is 172 g/mol. The van der Waals surface area contributed by atoms with Crippen LogP contribution in [-0.2, 0) is 6.42 Å². The highest BCUT2D eigenvalue weighted by atomic mass is 14.8. The molecule has 72 valence electrons. The normalized spacial score (nSPS) is 21.1. The average molecular weight is 186 g/mol. The zero-order valence-corrected chi connectivity index (χ0v) is 8.09. The summed E-state index contributed by atoms with van der Waals surface area (Å²) in [6.45, 7) is 0. The van der Waals surface area contributed by atoms with Crippen LogP contribution in [0.5, 0.6) is 0 Å². The maximum absolute atomic E-state index is 6.08. The molecule has 1 heterocycles. The summed E-state index contributed by atoms with van der Waals surface area (Å²) in [6, 6.07) is 8.68. The van der Waals surface area contributed by atoms with Gasteiger partial charge in [0, 0.05) is 22.6 Å². The van der Waals surface area contributed by atoms with E-state index >= 15 is 0 Å². The van der Waals surface area contributed by atoms with Gasteiger partial charge >= 0.3 is 0 Å². The molecule has 0 bridgehead atoms. The lowest BCUT2D eigenvalue weighted by Crippen LogP contribution is -2.16. The van der Waals surface area contributed by atoms with Crippen LogP contribution in [0.2, 0.25) is 0 Å². The summed E-state index contributed by atoms with van der Waals surface area (Å²) >= 11 is 0. The second kappa shape index (κ2) is 2.85. The van der Waals surface area contributed by atoms with Gasteiger partial charge in [-0.05, 0) is 30.9 Å². The van der Waals surface area contributed by atoms with Gasteiger partial charge in [-0.15, -0.1) is 0 Å². The van der Waals surface area contributed by atoms with Gasteiger partial charge in [0.25, 0.3) is 0 Å². The fourth-order valence-electron chi connectivity index (χ4n) is 2.45. The minimum atomic E-state index is 0.214. The molecular formula is C12H14N2. The van der Waals surface area contributed by atoms with Crippen LogP contribution in [0.3, 0.4) is 0 Å². The molecule has 1 aliphatic carbocycles. The Labute approximate surface area is 83.1 Å². The number of benzene rings is 1. The molecule has 1 aliphatic rings. The number of rotatable bonds is 0. The lowest BCUT2D eigenvalue weighted by Gasteiger charge is -2.18. The van der Waals surface area contributed by atoms with E-state index < -0.39 is 0 Å². The van der Waals surface area contributed by atoms with Gasteiger partial charge in [0.1, 0.15) is 0 Å². The number of H-pyrrole nitrogens is 1. The SMILES string of the molecule is N[C@H]1CCCc2c1[nH]c1ccccc21. The molecule has 1 aromatic heterocycles. The highest BCUT2D eigenvalue weighted by Crippen LogP contribution is 2.32. The molecule has 2 heteroatoms. The predicted octanol–water partition coefficient (Wildman–Crippen LogP) is 2.50. The van der Waals surface area contributed by atoms with Crippen LogP contribution in [0.1, 0.15) is 30.1 Å². The fraction of sp³-hybridized carbons (Fsp3) is 0.333. The van der Waals surface area contributed by atoms with Crippen molar-refractivity contribution in [1.29, 1.82) is 0 Å². The number of hydrogen-bond acceptors (Lipinski definition) is 1. The topological polar surface area (TPSA) is 41.8 Å². The second-order valence-electron chi connectivity index (χ2n) is 4.06. The first-order chi connectivity index (χ1) is 6.86. The Morgan fingerprint density at radius 3 is 3.07 bits per heavy atom. The number of nitrogens with one attached hydrogen (secondary N) is 1. The smallest absolute Gasteiger partial charge is 0.0459 e. The molecule has 0 saturated carbocycles. The quantitative estimate of drug-likeness (QED) is 0.652. The Morgan fingerprint density at radius 1 is 1.29 bits per heavy atom. The van der Waals surface area contributed by atoms with Crippen LogP contribution in [0.15, 0.2) is 24.3 Å². The van der Waals surface area contributed by atoms with E-state index in [1.807, 2.05) is 0 Å². The largest absolute Gasteiger partial charge is 0.357 e. The number of nitrogens with two attached hydrogens (primary N) is 1. The van der Waals surface area contributed by atoms with Crippen molar-refractivity contribution in [3.05, 3.63) is 35.5 Å². The number of aromatic amines is 1. The van der Waals surface area contributed by atoms with Crippen LogP contribution in [0.25, 0.3) is 10.9 Å². The average Bonchev–Trinajstić information content (AvgIpc) is 2.59. The Hall–Kier alpha value is -1.28. The summed E-state index contributed by atoms with van der Waals surface area (Å²) in [7, 11) is 0. The summed E-state index contributed by atoms with van der Waals surface area (Å²) < 4.78 is 0. The molecule has 3 rings (SSSR count). The van der Waals surface area contributed by atoms with Crippen LogP contribution in [0, 0.1) is 0 Å². The Morgan fingerprint density at radius 2 is 2.14 bits per heavy atom. The van der Waals surface area contributed by atoms with Crippen LogP contribution in [0.4, 0.5) is 0 Å². The van der Waals surface area contributed by atoms with Crippen LogP contribution in [-0.4, -0.2) is 4.98 Å². The molecule has 0 radical (unpaired) electrons. The number of fused-ring (bicyclic) bond motifs is 3. The molecule has 0 aliphatic heterocycles. The molecule has 3 N–H and O–H groups in total. The first kappa shape index (κ1) is 8.06. The van der Waals surface area contributed by atoms with Crippen molar-refractivity contribution < 1.29 is 0 Å². The zero-order chi connectivity index (χ0) is 9.54. The molecule has 0 unspecified atom stereocenters. The van der Waals surface area contributed by atoms with Gasteiger partial charge in [0.05, 0.1) is 0 Å². The number of aromatic nitrogens is 1. The van der Waals surface area contributed by atoms with E-state index in [0.717, 1.165) is 6.42 Å². The van der Waals surface area contributed by atoms with E-state index in [1.54, 1.807) is 0 Å². The van der Waals surface area contributed by atoms with Crippen LogP contribution < -0.4 is 5.73 Å². The zero-order valence-electron chi connectivity index (χ0n) is 8.09. The van der Waals surface area contributed by atoms with Gasteiger partial charge in [-0.2, -0.15) is 0 Å². The second-order valence-corrected chi connectivity index (χ2v) is 4.06. The lowest BCUT2D eigenvalue weighted by molar-refractivity contribution is 0.562. The van der Waals surface area contributed by atoms with Crippen molar-refractivity contribution in [2.45, 2.75) is 25.3 Å². The highest BCUT2D eigenvalue weighted by Gasteiger charge is 2.20. The molecule has 2 aromatic rings. The summed E-state index contributed by atoms with van der Waals surface area (Å²) in [5, 5.41) is 1.36. The summed E-state index contributed by atoms with van der Waals surface area (Å²) in [5.74, 6) is 0. The van der Waals surface area contributed by atoms with Crippen molar-refractivity contribution in [1.82, 2.24) is 4.98 Å². The maximum Gasteiger partial charge on any atom is 0.0459 e. The van der Waals surface area contributed by atoms with Gasteiger partial charge in [-0.1, -0.05) is 18.2 Å². The van der Waals surface area contributed by atoms with Crippen molar-refractivity contribution >= 4 is 10.9 Å². The molecule has 0 fully saturated rings. The molecule has 0 saturated heterocycles. The third-order valence-electron chi connectivity index (χ3n) is 3.16. The van der Waals surface area contributed by atoms with Crippen molar-refractivity contribution in [2.24, 2.45) is 5.73 Å². The first-order valence-corrected chi connectivity index (χ1v) is 5.21. The van der Waals surface area contributed by atoms with E-state index in [9.17, 15) is 0 Å². The van der Waals surface area contributed by atoms with Gasteiger partial charge in [-0.3, -0.25) is 0 Å². The monoisotopic (exact) mass is 186 g/mol. The molecule has 0 amide bonds. The minimum Gasteiger partial charge on any atom is -0.357 e. The first-order valence-electron chi connectivity index (χ1n) is 5.21. The number of para-hydroxylation sites is 1. The highest BCUT2D eigenvalue weighted by molar-refractivity contribution is 5.85.